The molecular weight excluding hydrogens is 894 g/mol. The molecule has 3 heterocycles. The molecule has 1 aromatic heterocycles. The van der Waals surface area contributed by atoms with Crippen molar-refractivity contribution in [2.45, 2.75) is 24.5 Å². The van der Waals surface area contributed by atoms with Crippen molar-refractivity contribution < 1.29 is 34.1 Å². The summed E-state index contributed by atoms with van der Waals surface area (Å²) >= 11 is 0. The summed E-state index contributed by atoms with van der Waals surface area (Å²) in [6, 6.07) is 70.5. The van der Waals surface area contributed by atoms with Gasteiger partial charge in [0.15, 0.2) is 0 Å². The van der Waals surface area contributed by atoms with Gasteiger partial charge in [0.1, 0.15) is 15.9 Å². The Morgan fingerprint density at radius 2 is 1.18 bits per heavy atom. The van der Waals surface area contributed by atoms with Crippen molar-refractivity contribution in [2.75, 3.05) is 14.1 Å². The molecule has 0 amide bonds. The second-order valence-electron chi connectivity index (χ2n) is 15.1. The van der Waals surface area contributed by atoms with Crippen LogP contribution in [0.15, 0.2) is 216 Å². The summed E-state index contributed by atoms with van der Waals surface area (Å²) in [7, 11) is 4.03. The normalized spacial score (nSPS) is 15.1. The summed E-state index contributed by atoms with van der Waals surface area (Å²) in [5.74, 6) is 0. The molecule has 2 unspecified atom stereocenters. The van der Waals surface area contributed by atoms with E-state index in [4.69, 9.17) is 0 Å². The minimum absolute atomic E-state index is 0. The van der Waals surface area contributed by atoms with Gasteiger partial charge in [-0.25, -0.2) is 43.1 Å². The minimum Gasteiger partial charge on any atom is -0.309 e. The predicted octanol–water partition coefficient (Wildman–Crippen LogP) is 7.31. The van der Waals surface area contributed by atoms with Gasteiger partial charge >= 0.3 is 45.5 Å². The van der Waals surface area contributed by atoms with Gasteiger partial charge in [0.2, 0.25) is 0 Å². The summed E-state index contributed by atoms with van der Waals surface area (Å²) in [6.07, 6.45) is 6.86. The summed E-state index contributed by atoms with van der Waals surface area (Å²) in [4.78, 5) is 25.8. The first kappa shape index (κ1) is 46.6. The Bertz CT molecular complexity index is 2590. The fourth-order valence-corrected chi connectivity index (χ4v) is 13.6. The average molecular weight is 944 g/mol. The van der Waals surface area contributed by atoms with Gasteiger partial charge in [0, 0.05) is 24.7 Å². The Morgan fingerprint density at radius 1 is 0.661 bits per heavy atom. The number of aromatic nitrogens is 3. The first-order chi connectivity index (χ1) is 29.4. The molecule has 1 aliphatic carbocycles. The predicted molar refractivity (Wildman–Crippen MR) is 255 cm³/mol. The molecule has 0 N–H and O–H groups in total. The molecule has 2 bridgehead atoms. The largest absolute Gasteiger partial charge is 2.00 e. The molecule has 11 rings (SSSR count). The van der Waals surface area contributed by atoms with Gasteiger partial charge in [-0.15, -0.1) is 10.9 Å². The molecule has 7 aromatic carbocycles. The van der Waals surface area contributed by atoms with Crippen LogP contribution in [0.25, 0.3) is 0 Å². The topological polar surface area (TPSA) is 52.2 Å². The maximum atomic E-state index is 11.7. The summed E-state index contributed by atoms with van der Waals surface area (Å²) in [5.41, 5.74) is 2.33. The van der Waals surface area contributed by atoms with E-state index in [-0.39, 0.29) is 63.6 Å². The number of benzene rings is 5. The summed E-state index contributed by atoms with van der Waals surface area (Å²) in [5, 5.41) is 8.46. The van der Waals surface area contributed by atoms with Crippen LogP contribution in [0.4, 0.5) is 0 Å². The van der Waals surface area contributed by atoms with E-state index in [2.05, 4.69) is 189 Å². The second kappa shape index (κ2) is 22.0. The van der Waals surface area contributed by atoms with Gasteiger partial charge in [0.25, 0.3) is 0 Å². The molecule has 0 spiro atoms. The van der Waals surface area contributed by atoms with Crippen LogP contribution in [0, 0.1) is 6.42 Å². The van der Waals surface area contributed by atoms with Crippen LogP contribution in [0.5, 0.6) is 0 Å². The van der Waals surface area contributed by atoms with Crippen LogP contribution < -0.4 is 43.2 Å². The van der Waals surface area contributed by atoms with Gasteiger partial charge in [-0.3, -0.25) is 11.1 Å². The molecule has 318 valence electrons. The zero-order valence-corrected chi connectivity index (χ0v) is 38.8. The summed E-state index contributed by atoms with van der Waals surface area (Å²) in [6.45, 7) is 0. The third kappa shape index (κ3) is 10.00. The number of nitrogens with zero attached hydrogens (tertiary/aromatic N) is 4. The van der Waals surface area contributed by atoms with Crippen LogP contribution in [-0.2, 0) is 41.2 Å². The Kier molecular flexibility index (Phi) is 16.5. The molecule has 10 heteroatoms. The molecule has 62 heavy (non-hydrogen) atoms. The third-order valence-corrected chi connectivity index (χ3v) is 16.4. The average Bonchev–Trinajstić information content (AvgIpc) is 4.09. The number of hydrogen-bond acceptors (Lipinski definition) is 3. The van der Waals surface area contributed by atoms with Crippen molar-refractivity contribution in [2.24, 2.45) is 7.05 Å². The maximum absolute atomic E-state index is 11.7. The molecule has 3 atom stereocenters. The quantitative estimate of drug-likeness (QED) is 0.0661. The van der Waals surface area contributed by atoms with Crippen LogP contribution in [-0.4, -0.2) is 32.9 Å². The molecule has 2 aliphatic heterocycles. The van der Waals surface area contributed by atoms with E-state index in [0.29, 0.717) is 0 Å². The fraction of sp³-hybridized carbons (Fsp3) is 0.135. The van der Waals surface area contributed by atoms with E-state index in [1.807, 2.05) is 42.5 Å². The first-order valence-corrected chi connectivity index (χ1v) is 23.2. The molecule has 0 fully saturated rings. The van der Waals surface area contributed by atoms with Crippen molar-refractivity contribution in [3.8, 4) is 0 Å². The zero-order chi connectivity index (χ0) is 41.4. The van der Waals surface area contributed by atoms with Gasteiger partial charge in [-0.05, 0) is 69.0 Å². The maximum Gasteiger partial charge on any atom is 2.00 e. The molecule has 3 aliphatic rings. The van der Waals surface area contributed by atoms with E-state index in [1.165, 1.54) is 54.7 Å². The number of hydrogen-bond donors (Lipinski definition) is 0. The van der Waals surface area contributed by atoms with Crippen molar-refractivity contribution >= 4 is 47.7 Å². The van der Waals surface area contributed by atoms with Crippen molar-refractivity contribution in [3.05, 3.63) is 245 Å². The Labute approximate surface area is 388 Å². The Morgan fingerprint density at radius 3 is 1.66 bits per heavy atom. The summed E-state index contributed by atoms with van der Waals surface area (Å²) < 4.78 is 4.23. The van der Waals surface area contributed by atoms with E-state index in [0.717, 1.165) is 11.0 Å². The van der Waals surface area contributed by atoms with E-state index < -0.39 is 15.8 Å². The molecule has 0 radical (unpaired) electrons. The van der Waals surface area contributed by atoms with Gasteiger partial charge in [0.05, 0.1) is 7.92 Å². The molecule has 8 aromatic rings. The van der Waals surface area contributed by atoms with E-state index in [9.17, 15) is 9.59 Å². The Balaban J connectivity index is 0.000000250. The van der Waals surface area contributed by atoms with Gasteiger partial charge in [-0.1, -0.05) is 127 Å². The smallest absolute Gasteiger partial charge is 0.309 e. The van der Waals surface area contributed by atoms with Crippen LogP contribution in [0.3, 0.4) is 0 Å². The van der Waals surface area contributed by atoms with Crippen LogP contribution in [0.2, 0.25) is 0 Å². The monoisotopic (exact) mass is 943 g/mol. The number of fused-ring (bicyclic) bond motifs is 1. The van der Waals surface area contributed by atoms with Gasteiger partial charge < -0.3 is 4.90 Å². The second-order valence-corrected chi connectivity index (χ2v) is 19.8. The Hall–Kier alpha value is -4.86. The molecule has 0 saturated carbocycles. The molecule has 6 nitrogen and oxygen atoms in total. The van der Waals surface area contributed by atoms with E-state index >= 15 is 0 Å². The standard InChI is InChI=1S/C38H34NP2.C9H10N3O2.C5H5.Cu.Fe/c1-39(2)38(35-27-17-29-37(35)41(32-22-11-5-12-23-32)33-24-13-6-14-25-33)34-26-15-16-28-36(34)40(30-18-7-3-8-19-30)31-20-9-4-10-21-31;1-10-8(13)11-6-2-3-7(5-4-6)12(11)9(10)14;1-2-4-5-3-1;;/h3-29,38H,1-2H3;2-4,6-7H,5H2,1H3;1-5H;;/q3*-1;+1;+2/p+1/t;6?,7-;;;/m.1.../s1. The van der Waals surface area contributed by atoms with Crippen LogP contribution in [0.1, 0.15) is 35.7 Å². The van der Waals surface area contributed by atoms with Crippen molar-refractivity contribution in [1.82, 2.24) is 18.8 Å². The number of rotatable bonds is 9. The number of allylic oxidation sites excluding steroid dienone is 2. The van der Waals surface area contributed by atoms with Crippen LogP contribution >= 0.6 is 15.8 Å². The van der Waals surface area contributed by atoms with E-state index in [1.54, 1.807) is 4.68 Å². The first-order valence-electron chi connectivity index (χ1n) is 20.4. The van der Waals surface area contributed by atoms with Crippen molar-refractivity contribution in [1.29, 1.82) is 0 Å². The fourth-order valence-electron chi connectivity index (χ4n) is 8.32. The minimum atomic E-state index is -1.23. The molecule has 0 saturated heterocycles. The molecular formula is C52H50CuFeN4O2P2+. The van der Waals surface area contributed by atoms with Crippen molar-refractivity contribution in [3.63, 3.8) is 0 Å². The SMILES string of the molecule is CN(C)C(c1ccccc1[PH+](c1ccccc1)c1ccccc1)[c-]1cccc1P(c1ccccc1)c1ccccc1.Cn1c(=O)n2n(c1=O)[C@@H]1C=CC2[CH-]C1.[Cu+].[Fe+2].c1cc[cH-]c1. The van der Waals surface area contributed by atoms with Gasteiger partial charge in [-0.2, -0.15) is 30.7 Å². The third-order valence-electron chi connectivity index (χ3n) is 11.1. The zero-order valence-electron chi connectivity index (χ0n) is 34.9.